The molecule has 4 unspecified atom stereocenters. The number of rotatable bonds is 6. The predicted octanol–water partition coefficient (Wildman–Crippen LogP) is -5.62. The van der Waals surface area contributed by atoms with Crippen LogP contribution in [0.1, 0.15) is 40.0 Å². The predicted molar refractivity (Wildman–Crippen MR) is 148 cm³/mol. The Morgan fingerprint density at radius 1 is 0.960 bits per heavy atom. The van der Waals surface area contributed by atoms with Gasteiger partial charge in [0.1, 0.15) is 23.5 Å². The summed E-state index contributed by atoms with van der Waals surface area (Å²) >= 11 is 0. The summed E-state index contributed by atoms with van der Waals surface area (Å²) in [6.45, 7) is 7.36. The Bertz CT molecular complexity index is 505. The zero-order chi connectivity index (χ0) is 20.3. The summed E-state index contributed by atoms with van der Waals surface area (Å²) in [5.74, 6) is 0.681. The highest BCUT2D eigenvalue weighted by Gasteiger charge is 2.73. The molecule has 0 aliphatic heterocycles. The highest BCUT2D eigenvalue weighted by molar-refractivity contribution is 6.65. The fourth-order valence-electron chi connectivity index (χ4n) is 7.65. The van der Waals surface area contributed by atoms with Gasteiger partial charge in [0.15, 0.2) is 0 Å². The second kappa shape index (κ2) is 6.65. The van der Waals surface area contributed by atoms with E-state index >= 15 is 0 Å². The van der Waals surface area contributed by atoms with Crippen molar-refractivity contribution in [3.05, 3.63) is 0 Å². The lowest BCUT2D eigenvalue weighted by Crippen LogP contribution is -2.52. The van der Waals surface area contributed by atoms with Gasteiger partial charge in [0.05, 0.1) is 62.8 Å². The lowest BCUT2D eigenvalue weighted by Gasteiger charge is -2.66. The number of hydrogen-bond donors (Lipinski definition) is 0. The van der Waals surface area contributed by atoms with Crippen LogP contribution in [-0.4, -0.2) is 86.3 Å². The Labute approximate surface area is 169 Å². The maximum Gasteiger partial charge on any atom is 0.107 e. The first-order valence-electron chi connectivity index (χ1n) is 11.0. The van der Waals surface area contributed by atoms with Crippen molar-refractivity contribution in [3.8, 4) is 0 Å². The first-order chi connectivity index (χ1) is 11.0. The summed E-state index contributed by atoms with van der Waals surface area (Å²) in [6, 6.07) is 0. The Morgan fingerprint density at radius 2 is 1.40 bits per heavy atom. The van der Waals surface area contributed by atoms with E-state index in [1.165, 1.54) is 19.3 Å². The molecule has 1 aliphatic rings. The molecular formula is C14H39B11. The Hall–Kier alpha value is 0.714. The minimum absolute atomic E-state index is 0.272. The first kappa shape index (κ1) is 23.8. The first-order valence-corrected chi connectivity index (χ1v) is 11.0. The molecule has 0 radical (unpaired) electrons. The van der Waals surface area contributed by atoms with E-state index in [0.29, 0.717) is 27.4 Å². The molecule has 1 rings (SSSR count). The quantitative estimate of drug-likeness (QED) is 0.427. The van der Waals surface area contributed by atoms with Crippen molar-refractivity contribution >= 4 is 86.3 Å². The lowest BCUT2D eigenvalue weighted by molar-refractivity contribution is 0.174. The monoisotopic (exact) mass is 328 g/mol. The molecule has 1 fully saturated rings. The molecule has 1 aliphatic carbocycles. The van der Waals surface area contributed by atoms with Crippen LogP contribution >= 0.6 is 0 Å². The molecule has 0 amide bonds. The van der Waals surface area contributed by atoms with E-state index in [4.69, 9.17) is 0 Å². The van der Waals surface area contributed by atoms with Crippen LogP contribution in [0.3, 0.4) is 0 Å². The molecule has 1 saturated carbocycles. The van der Waals surface area contributed by atoms with Gasteiger partial charge in [0.2, 0.25) is 0 Å². The van der Waals surface area contributed by atoms with Crippen molar-refractivity contribution in [2.24, 2.45) is 5.41 Å². The smallest absolute Gasteiger partial charge is 0.0985 e. The van der Waals surface area contributed by atoms with Crippen molar-refractivity contribution in [1.29, 1.82) is 0 Å². The summed E-state index contributed by atoms with van der Waals surface area (Å²) in [5.41, 5.74) is 1.04. The molecule has 4 atom stereocenters. The van der Waals surface area contributed by atoms with Crippen molar-refractivity contribution < 1.29 is 0 Å². The van der Waals surface area contributed by atoms with Gasteiger partial charge in [-0.3, -0.25) is 0 Å². The van der Waals surface area contributed by atoms with E-state index in [1.54, 1.807) is 0 Å². The van der Waals surface area contributed by atoms with Gasteiger partial charge in [-0.2, -0.15) is 0 Å². The van der Waals surface area contributed by atoms with E-state index in [2.05, 4.69) is 107 Å². The zero-order valence-electron chi connectivity index (χ0n) is 20.3. The molecular weight excluding hydrogens is 287 g/mol. The third kappa shape index (κ3) is 2.55. The third-order valence-electron chi connectivity index (χ3n) is 11.5. The summed E-state index contributed by atoms with van der Waals surface area (Å²) < 4.78 is 0. The van der Waals surface area contributed by atoms with Crippen LogP contribution in [0.5, 0.6) is 0 Å². The molecule has 11 heteroatoms. The van der Waals surface area contributed by atoms with E-state index < -0.39 is 0 Å². The highest BCUT2D eigenvalue weighted by atomic mass is 14.7. The Morgan fingerprint density at radius 3 is 1.72 bits per heavy atom. The van der Waals surface area contributed by atoms with Gasteiger partial charge in [-0.15, -0.1) is 0 Å². The molecule has 128 valence electrons. The molecule has 0 nitrogen and oxygen atoms in total. The fraction of sp³-hybridized carbons (Fsp3) is 1.00. The molecule has 0 aromatic carbocycles. The molecule has 0 aromatic heterocycles. The summed E-state index contributed by atoms with van der Waals surface area (Å²) in [6.07, 6.45) is 3.88. The molecule has 0 heterocycles. The average molecular weight is 326 g/mol. The molecule has 0 saturated heterocycles. The van der Waals surface area contributed by atoms with Gasteiger partial charge in [-0.05, 0) is 11.8 Å². The minimum Gasteiger partial charge on any atom is -0.0985 e. The third-order valence-corrected chi connectivity index (χ3v) is 11.5. The summed E-state index contributed by atoms with van der Waals surface area (Å²) in [5, 5.41) is 1.45. The van der Waals surface area contributed by atoms with Crippen LogP contribution < -0.4 is 0 Å². The average Bonchev–Trinajstić information content (AvgIpc) is 2.58. The van der Waals surface area contributed by atoms with Crippen molar-refractivity contribution in [3.63, 3.8) is 0 Å². The number of hydrogen-bond acceptors (Lipinski definition) is 0. The van der Waals surface area contributed by atoms with Gasteiger partial charge >= 0.3 is 0 Å². The zero-order valence-corrected chi connectivity index (χ0v) is 20.3. The molecule has 0 spiro atoms. The van der Waals surface area contributed by atoms with Gasteiger partial charge in [-0.1, -0.05) is 71.4 Å². The van der Waals surface area contributed by atoms with Gasteiger partial charge in [0, 0.05) is 0 Å². The van der Waals surface area contributed by atoms with Crippen molar-refractivity contribution in [1.82, 2.24) is 0 Å². The molecule has 25 heavy (non-hydrogen) atoms. The van der Waals surface area contributed by atoms with Gasteiger partial charge in [-0.25, -0.2) is 0 Å². The maximum atomic E-state index is 2.66. The molecule has 0 aromatic rings. The minimum atomic E-state index is 0.272. The molecule has 0 N–H and O–H groups in total. The van der Waals surface area contributed by atoms with E-state index in [1.807, 2.05) is 0 Å². The second-order valence-electron chi connectivity index (χ2n) is 11.9. The standard InChI is InChI=1S/C14H39B11/c1-4-6-9(3,5-2)13(22,23)10(18)7(15)12(20,21)14(24,25)11(10,19)8(16)17/h7-8H,4-6,15-25H2,1-3H3. The lowest BCUT2D eigenvalue weighted by atomic mass is 9.13. The molecule has 0 bridgehead atoms. The van der Waals surface area contributed by atoms with Crippen LogP contribution in [0, 0.1) is 5.41 Å². The van der Waals surface area contributed by atoms with Gasteiger partial charge < -0.3 is 0 Å². The van der Waals surface area contributed by atoms with Crippen LogP contribution in [0.25, 0.3) is 0 Å². The normalized spacial score (nSPS) is 36.9. The van der Waals surface area contributed by atoms with E-state index in [0.717, 1.165) is 0 Å². The maximum absolute atomic E-state index is 2.66. The summed E-state index contributed by atoms with van der Waals surface area (Å²) in [4.78, 5) is 0. The highest BCUT2D eigenvalue weighted by Crippen LogP contribution is 2.91. The SMILES string of the molecule is BC1C(B)(B)C(B)(B)C(B)(C(B)B)C1(B)C(B)(B)C(C)(CC)CCC. The fourth-order valence-corrected chi connectivity index (χ4v) is 7.65. The summed E-state index contributed by atoms with van der Waals surface area (Å²) in [7, 11) is 28.3. The van der Waals surface area contributed by atoms with Crippen LogP contribution in [0.2, 0.25) is 37.8 Å². The Balaban J connectivity index is 3.85. The van der Waals surface area contributed by atoms with E-state index in [-0.39, 0.29) is 15.8 Å². The van der Waals surface area contributed by atoms with Crippen LogP contribution in [0.4, 0.5) is 0 Å². The van der Waals surface area contributed by atoms with Crippen molar-refractivity contribution in [2.45, 2.75) is 77.8 Å². The van der Waals surface area contributed by atoms with Crippen LogP contribution in [-0.2, 0) is 0 Å². The topological polar surface area (TPSA) is 0 Å². The Kier molecular flexibility index (Phi) is 6.32. The second-order valence-corrected chi connectivity index (χ2v) is 11.9. The van der Waals surface area contributed by atoms with Crippen molar-refractivity contribution in [2.75, 3.05) is 0 Å². The van der Waals surface area contributed by atoms with Gasteiger partial charge in [0.25, 0.3) is 0 Å². The largest absolute Gasteiger partial charge is 0.107 e. The van der Waals surface area contributed by atoms with Crippen LogP contribution in [0.15, 0.2) is 0 Å². The van der Waals surface area contributed by atoms with E-state index in [9.17, 15) is 0 Å².